The van der Waals surface area contributed by atoms with Crippen molar-refractivity contribution in [1.82, 2.24) is 4.98 Å². The molecule has 2 heteroatoms. The van der Waals surface area contributed by atoms with Crippen LogP contribution in [0.2, 0.25) is 0 Å². The maximum Gasteiger partial charge on any atom is 0.0488 e. The van der Waals surface area contributed by atoms with Crippen molar-refractivity contribution >= 4 is 10.9 Å². The highest BCUT2D eigenvalue weighted by molar-refractivity contribution is 5.83. The molecule has 2 rings (SSSR count). The normalized spacial score (nSPS) is 13.4. The largest absolute Gasteiger partial charge is 0.357 e. The monoisotopic (exact) mass is 188 g/mol. The molecule has 0 amide bonds. The molecule has 1 atom stereocenters. The van der Waals surface area contributed by atoms with Gasteiger partial charge in [0.15, 0.2) is 0 Å². The number of para-hydroxylation sites is 1. The van der Waals surface area contributed by atoms with Crippen LogP contribution < -0.4 is 5.73 Å². The summed E-state index contributed by atoms with van der Waals surface area (Å²) in [5.41, 5.74) is 9.54. The molecule has 0 aliphatic rings. The summed E-state index contributed by atoms with van der Waals surface area (Å²) in [6.45, 7) is 4.16. The minimum absolute atomic E-state index is 0.0760. The zero-order valence-electron chi connectivity index (χ0n) is 8.67. The van der Waals surface area contributed by atoms with Crippen LogP contribution in [0.15, 0.2) is 24.3 Å². The van der Waals surface area contributed by atoms with Gasteiger partial charge in [-0.05, 0) is 30.4 Å². The maximum absolute atomic E-state index is 5.84. The van der Waals surface area contributed by atoms with Crippen molar-refractivity contribution in [2.75, 3.05) is 0 Å². The third-order valence-electron chi connectivity index (χ3n) is 2.63. The molecule has 1 unspecified atom stereocenters. The molecule has 0 bridgehead atoms. The Hall–Kier alpha value is -1.28. The number of benzene rings is 1. The Morgan fingerprint density at radius 1 is 1.43 bits per heavy atom. The second-order valence-electron chi connectivity index (χ2n) is 3.75. The van der Waals surface area contributed by atoms with Gasteiger partial charge in [-0.25, -0.2) is 0 Å². The van der Waals surface area contributed by atoms with Crippen LogP contribution in [0, 0.1) is 0 Å². The van der Waals surface area contributed by atoms with Gasteiger partial charge in [-0.15, -0.1) is 0 Å². The lowest BCUT2D eigenvalue weighted by molar-refractivity contribution is 0.792. The molecule has 1 aromatic heterocycles. The first-order valence-corrected chi connectivity index (χ1v) is 5.08. The van der Waals surface area contributed by atoms with Crippen molar-refractivity contribution in [1.29, 1.82) is 0 Å². The highest BCUT2D eigenvalue weighted by atomic mass is 14.8. The van der Waals surface area contributed by atoms with E-state index in [9.17, 15) is 0 Å². The van der Waals surface area contributed by atoms with E-state index in [-0.39, 0.29) is 6.04 Å². The quantitative estimate of drug-likeness (QED) is 0.747. The summed E-state index contributed by atoms with van der Waals surface area (Å²) in [4.78, 5) is 3.39. The minimum Gasteiger partial charge on any atom is -0.357 e. The highest BCUT2D eigenvalue weighted by Crippen LogP contribution is 2.22. The van der Waals surface area contributed by atoms with E-state index < -0.39 is 0 Å². The highest BCUT2D eigenvalue weighted by Gasteiger charge is 2.06. The molecule has 14 heavy (non-hydrogen) atoms. The average molecular weight is 188 g/mol. The van der Waals surface area contributed by atoms with Crippen molar-refractivity contribution in [3.05, 3.63) is 35.5 Å². The Morgan fingerprint density at radius 3 is 2.86 bits per heavy atom. The third-order valence-corrected chi connectivity index (χ3v) is 2.63. The van der Waals surface area contributed by atoms with Crippen LogP contribution in [0.3, 0.4) is 0 Å². The number of aromatic nitrogens is 1. The standard InChI is InChI=1S/C12H16N2/c1-3-9-5-4-6-10-7-11(8(2)13)14-12(9)10/h4-8,14H,3,13H2,1-2H3. The number of aryl methyl sites for hydroxylation is 1. The molecule has 0 radical (unpaired) electrons. The molecule has 0 saturated heterocycles. The van der Waals surface area contributed by atoms with E-state index in [0.29, 0.717) is 0 Å². The van der Waals surface area contributed by atoms with Gasteiger partial charge in [-0.1, -0.05) is 25.1 Å². The fourth-order valence-corrected chi connectivity index (χ4v) is 1.78. The minimum atomic E-state index is 0.0760. The Labute approximate surface area is 84.1 Å². The molecular weight excluding hydrogens is 172 g/mol. The van der Waals surface area contributed by atoms with Crippen molar-refractivity contribution < 1.29 is 0 Å². The zero-order valence-corrected chi connectivity index (χ0v) is 8.67. The zero-order chi connectivity index (χ0) is 10.1. The summed E-state index contributed by atoms with van der Waals surface area (Å²) in [6.07, 6.45) is 1.05. The van der Waals surface area contributed by atoms with E-state index in [4.69, 9.17) is 5.73 Å². The predicted octanol–water partition coefficient (Wildman–Crippen LogP) is 2.75. The van der Waals surface area contributed by atoms with Crippen molar-refractivity contribution in [3.63, 3.8) is 0 Å². The summed E-state index contributed by atoms with van der Waals surface area (Å²) in [5.74, 6) is 0. The molecule has 2 nitrogen and oxygen atoms in total. The fourth-order valence-electron chi connectivity index (χ4n) is 1.78. The summed E-state index contributed by atoms with van der Waals surface area (Å²) >= 11 is 0. The molecule has 2 aromatic rings. The summed E-state index contributed by atoms with van der Waals surface area (Å²) in [5, 5.41) is 1.26. The number of aromatic amines is 1. The van der Waals surface area contributed by atoms with Crippen LogP contribution in [-0.2, 0) is 6.42 Å². The summed E-state index contributed by atoms with van der Waals surface area (Å²) in [6, 6.07) is 8.59. The first-order chi connectivity index (χ1) is 6.72. The number of fused-ring (bicyclic) bond motifs is 1. The maximum atomic E-state index is 5.84. The molecule has 1 heterocycles. The van der Waals surface area contributed by atoms with Crippen LogP contribution in [0.1, 0.15) is 31.1 Å². The molecule has 1 aromatic carbocycles. The molecular formula is C12H16N2. The Kier molecular flexibility index (Phi) is 2.30. The van der Waals surface area contributed by atoms with E-state index in [1.165, 1.54) is 16.5 Å². The van der Waals surface area contributed by atoms with Gasteiger partial charge in [0.25, 0.3) is 0 Å². The molecule has 0 aliphatic heterocycles. The fraction of sp³-hybridized carbons (Fsp3) is 0.333. The molecule has 74 valence electrons. The second kappa shape index (κ2) is 3.46. The van der Waals surface area contributed by atoms with Gasteiger partial charge in [0.2, 0.25) is 0 Å². The predicted molar refractivity (Wildman–Crippen MR) is 60.3 cm³/mol. The number of H-pyrrole nitrogens is 1. The lowest BCUT2D eigenvalue weighted by atomic mass is 10.1. The number of nitrogens with two attached hydrogens (primary N) is 1. The van der Waals surface area contributed by atoms with Gasteiger partial charge in [0.1, 0.15) is 0 Å². The van der Waals surface area contributed by atoms with E-state index in [1.807, 2.05) is 6.92 Å². The average Bonchev–Trinajstić information content (AvgIpc) is 2.60. The summed E-state index contributed by atoms with van der Waals surface area (Å²) in [7, 11) is 0. The Balaban J connectivity index is 2.64. The molecule has 0 aliphatic carbocycles. The third kappa shape index (κ3) is 1.42. The lowest BCUT2D eigenvalue weighted by Crippen LogP contribution is -2.04. The smallest absolute Gasteiger partial charge is 0.0488 e. The van der Waals surface area contributed by atoms with Crippen LogP contribution in [-0.4, -0.2) is 4.98 Å². The van der Waals surface area contributed by atoms with Crippen LogP contribution in [0.25, 0.3) is 10.9 Å². The first kappa shape index (κ1) is 9.28. The second-order valence-corrected chi connectivity index (χ2v) is 3.75. The molecule has 3 N–H and O–H groups in total. The van der Waals surface area contributed by atoms with Gasteiger partial charge < -0.3 is 10.7 Å². The van der Waals surface area contributed by atoms with Crippen LogP contribution in [0.5, 0.6) is 0 Å². The number of hydrogen-bond donors (Lipinski definition) is 2. The molecule has 0 fully saturated rings. The van der Waals surface area contributed by atoms with Crippen molar-refractivity contribution in [2.45, 2.75) is 26.3 Å². The van der Waals surface area contributed by atoms with Gasteiger partial charge in [0, 0.05) is 17.3 Å². The van der Waals surface area contributed by atoms with Gasteiger partial charge in [0.05, 0.1) is 0 Å². The molecule has 0 spiro atoms. The number of nitrogens with one attached hydrogen (secondary N) is 1. The molecule has 0 saturated carbocycles. The van der Waals surface area contributed by atoms with E-state index in [0.717, 1.165) is 12.1 Å². The van der Waals surface area contributed by atoms with Gasteiger partial charge in [-0.3, -0.25) is 0 Å². The summed E-state index contributed by atoms with van der Waals surface area (Å²) < 4.78 is 0. The van der Waals surface area contributed by atoms with E-state index in [2.05, 4.69) is 36.2 Å². The SMILES string of the molecule is CCc1cccc2cc(C(C)N)[nH]c12. The lowest BCUT2D eigenvalue weighted by Gasteiger charge is -2.00. The Morgan fingerprint density at radius 2 is 2.21 bits per heavy atom. The number of hydrogen-bond acceptors (Lipinski definition) is 1. The van der Waals surface area contributed by atoms with Crippen molar-refractivity contribution in [2.24, 2.45) is 5.73 Å². The first-order valence-electron chi connectivity index (χ1n) is 5.08. The van der Waals surface area contributed by atoms with Crippen molar-refractivity contribution in [3.8, 4) is 0 Å². The van der Waals surface area contributed by atoms with Gasteiger partial charge in [-0.2, -0.15) is 0 Å². The van der Waals surface area contributed by atoms with E-state index in [1.54, 1.807) is 0 Å². The van der Waals surface area contributed by atoms with Crippen LogP contribution in [0.4, 0.5) is 0 Å². The Bertz CT molecular complexity index is 441. The van der Waals surface area contributed by atoms with E-state index >= 15 is 0 Å². The van der Waals surface area contributed by atoms with Crippen LogP contribution >= 0.6 is 0 Å². The number of rotatable bonds is 2. The topological polar surface area (TPSA) is 41.8 Å². The van der Waals surface area contributed by atoms with Gasteiger partial charge >= 0.3 is 0 Å².